The third-order valence-corrected chi connectivity index (χ3v) is 1.32. The van der Waals surface area contributed by atoms with Crippen molar-refractivity contribution in [3.8, 4) is 0 Å². The van der Waals surface area contributed by atoms with Gasteiger partial charge in [-0.15, -0.1) is 0 Å². The first-order valence-electron chi connectivity index (χ1n) is 4.17. The molecule has 1 aliphatic rings. The number of allylic oxidation sites excluding steroid dienone is 4. The van der Waals surface area contributed by atoms with E-state index in [9.17, 15) is 0 Å². The molecule has 0 fully saturated rings. The molecule has 0 aromatic rings. The summed E-state index contributed by atoms with van der Waals surface area (Å²) in [5.41, 5.74) is 1.00. The summed E-state index contributed by atoms with van der Waals surface area (Å²) in [5, 5.41) is 0. The summed E-state index contributed by atoms with van der Waals surface area (Å²) in [5.74, 6) is 0.817. The minimum atomic E-state index is 0.638. The molecule has 0 atom stereocenters. The molecule has 0 bridgehead atoms. The van der Waals surface area contributed by atoms with E-state index < -0.39 is 0 Å². The summed E-state index contributed by atoms with van der Waals surface area (Å²) in [7, 11) is 0. The first-order valence-corrected chi connectivity index (χ1v) is 4.17. The first-order chi connectivity index (χ1) is 5.88. The SMILES string of the molecule is C=CC1=C(C=C)OCC=C1.CC. The predicted molar refractivity (Wildman–Crippen MR) is 53.9 cm³/mol. The van der Waals surface area contributed by atoms with Gasteiger partial charge in [-0.05, 0) is 12.2 Å². The van der Waals surface area contributed by atoms with Crippen molar-refractivity contribution < 1.29 is 4.74 Å². The van der Waals surface area contributed by atoms with Crippen LogP contribution >= 0.6 is 0 Å². The average molecular weight is 164 g/mol. The maximum Gasteiger partial charge on any atom is 0.126 e. The van der Waals surface area contributed by atoms with Crippen LogP contribution in [0.2, 0.25) is 0 Å². The van der Waals surface area contributed by atoms with Gasteiger partial charge < -0.3 is 4.74 Å². The van der Waals surface area contributed by atoms with Gasteiger partial charge in [-0.3, -0.25) is 0 Å². The van der Waals surface area contributed by atoms with Crippen LogP contribution in [0.4, 0.5) is 0 Å². The Morgan fingerprint density at radius 3 is 2.42 bits per heavy atom. The minimum Gasteiger partial charge on any atom is -0.489 e. The number of hydrogen-bond donors (Lipinski definition) is 0. The van der Waals surface area contributed by atoms with Gasteiger partial charge in [0.2, 0.25) is 0 Å². The topological polar surface area (TPSA) is 9.23 Å². The molecule has 0 aliphatic carbocycles. The smallest absolute Gasteiger partial charge is 0.126 e. The molecule has 1 rings (SSSR count). The summed E-state index contributed by atoms with van der Waals surface area (Å²) in [6.45, 7) is 11.9. The van der Waals surface area contributed by atoms with E-state index in [-0.39, 0.29) is 0 Å². The summed E-state index contributed by atoms with van der Waals surface area (Å²) < 4.78 is 5.23. The van der Waals surface area contributed by atoms with Gasteiger partial charge in [-0.1, -0.05) is 39.2 Å². The van der Waals surface area contributed by atoms with Gasteiger partial charge >= 0.3 is 0 Å². The molecule has 12 heavy (non-hydrogen) atoms. The van der Waals surface area contributed by atoms with Crippen LogP contribution in [0.1, 0.15) is 13.8 Å². The van der Waals surface area contributed by atoms with Crippen LogP contribution < -0.4 is 0 Å². The van der Waals surface area contributed by atoms with E-state index in [4.69, 9.17) is 4.74 Å². The molecular weight excluding hydrogens is 148 g/mol. The van der Waals surface area contributed by atoms with Gasteiger partial charge in [0, 0.05) is 5.57 Å². The second kappa shape index (κ2) is 6.47. The van der Waals surface area contributed by atoms with E-state index in [1.165, 1.54) is 0 Å². The Kier molecular flexibility index (Phi) is 5.80. The van der Waals surface area contributed by atoms with Crippen LogP contribution in [0.25, 0.3) is 0 Å². The van der Waals surface area contributed by atoms with Gasteiger partial charge in [0.05, 0.1) is 0 Å². The van der Waals surface area contributed by atoms with Gasteiger partial charge in [-0.25, -0.2) is 0 Å². The fourth-order valence-electron chi connectivity index (χ4n) is 0.824. The highest BCUT2D eigenvalue weighted by Crippen LogP contribution is 2.14. The van der Waals surface area contributed by atoms with Crippen molar-refractivity contribution in [1.82, 2.24) is 0 Å². The zero-order valence-electron chi connectivity index (χ0n) is 7.84. The molecule has 0 saturated heterocycles. The Hall–Kier alpha value is -1.24. The Morgan fingerprint density at radius 2 is 2.00 bits per heavy atom. The zero-order chi connectivity index (χ0) is 9.40. The lowest BCUT2D eigenvalue weighted by Crippen LogP contribution is -1.97. The van der Waals surface area contributed by atoms with E-state index >= 15 is 0 Å². The van der Waals surface area contributed by atoms with Gasteiger partial charge in [0.15, 0.2) is 0 Å². The number of rotatable bonds is 2. The van der Waals surface area contributed by atoms with Gasteiger partial charge in [0.25, 0.3) is 0 Å². The van der Waals surface area contributed by atoms with Crippen LogP contribution in [-0.2, 0) is 4.74 Å². The highest BCUT2D eigenvalue weighted by atomic mass is 16.5. The quantitative estimate of drug-likeness (QED) is 0.609. The van der Waals surface area contributed by atoms with Crippen LogP contribution in [0.5, 0.6) is 0 Å². The fraction of sp³-hybridized carbons (Fsp3) is 0.273. The van der Waals surface area contributed by atoms with Crippen molar-refractivity contribution in [1.29, 1.82) is 0 Å². The van der Waals surface area contributed by atoms with Crippen molar-refractivity contribution in [2.45, 2.75) is 13.8 Å². The Balaban J connectivity index is 0.000000561. The molecule has 0 radical (unpaired) electrons. The van der Waals surface area contributed by atoms with E-state index in [1.807, 2.05) is 26.0 Å². The lowest BCUT2D eigenvalue weighted by molar-refractivity contribution is 0.255. The highest BCUT2D eigenvalue weighted by Gasteiger charge is 2.00. The van der Waals surface area contributed by atoms with Crippen LogP contribution in [0.15, 0.2) is 48.8 Å². The monoisotopic (exact) mass is 164 g/mol. The molecule has 0 aromatic carbocycles. The Labute approximate surface area is 74.7 Å². The minimum absolute atomic E-state index is 0.638. The molecule has 1 aliphatic heterocycles. The van der Waals surface area contributed by atoms with E-state index in [0.29, 0.717) is 6.61 Å². The van der Waals surface area contributed by atoms with Crippen molar-refractivity contribution >= 4 is 0 Å². The van der Waals surface area contributed by atoms with Crippen molar-refractivity contribution in [3.05, 3.63) is 48.8 Å². The molecule has 66 valence electrons. The van der Waals surface area contributed by atoms with Crippen molar-refractivity contribution in [2.24, 2.45) is 0 Å². The third-order valence-electron chi connectivity index (χ3n) is 1.32. The zero-order valence-corrected chi connectivity index (χ0v) is 7.84. The van der Waals surface area contributed by atoms with E-state index in [1.54, 1.807) is 12.2 Å². The Bertz CT molecular complexity index is 209. The lowest BCUT2D eigenvalue weighted by atomic mass is 10.2. The fourth-order valence-corrected chi connectivity index (χ4v) is 0.824. The van der Waals surface area contributed by atoms with Crippen LogP contribution in [0, 0.1) is 0 Å². The molecule has 0 N–H and O–H groups in total. The predicted octanol–water partition coefficient (Wildman–Crippen LogP) is 3.23. The summed E-state index contributed by atoms with van der Waals surface area (Å²) in [6.07, 6.45) is 7.38. The summed E-state index contributed by atoms with van der Waals surface area (Å²) >= 11 is 0. The highest BCUT2D eigenvalue weighted by molar-refractivity contribution is 5.38. The lowest BCUT2D eigenvalue weighted by Gasteiger charge is -2.10. The molecule has 0 spiro atoms. The summed E-state index contributed by atoms with van der Waals surface area (Å²) in [4.78, 5) is 0. The molecule has 1 nitrogen and oxygen atoms in total. The van der Waals surface area contributed by atoms with Crippen molar-refractivity contribution in [2.75, 3.05) is 6.61 Å². The molecular formula is C11H16O. The maximum absolute atomic E-state index is 5.23. The molecule has 0 saturated carbocycles. The number of ether oxygens (including phenoxy) is 1. The van der Waals surface area contributed by atoms with Gasteiger partial charge in [0.1, 0.15) is 12.4 Å². The normalized spacial score (nSPS) is 14.2. The Morgan fingerprint density at radius 1 is 1.33 bits per heavy atom. The largest absolute Gasteiger partial charge is 0.489 e. The first kappa shape index (κ1) is 10.8. The van der Waals surface area contributed by atoms with Crippen molar-refractivity contribution in [3.63, 3.8) is 0 Å². The van der Waals surface area contributed by atoms with E-state index in [0.717, 1.165) is 11.3 Å². The maximum atomic E-state index is 5.23. The second-order valence-electron chi connectivity index (χ2n) is 1.94. The van der Waals surface area contributed by atoms with Gasteiger partial charge in [-0.2, -0.15) is 0 Å². The van der Waals surface area contributed by atoms with Crippen LogP contribution in [-0.4, -0.2) is 6.61 Å². The van der Waals surface area contributed by atoms with E-state index in [2.05, 4.69) is 13.2 Å². The standard InChI is InChI=1S/C9H10O.C2H6/c1-3-8-6-5-7-10-9(8)4-2;1-2/h3-6H,1-2,7H2;1-2H3. The molecule has 0 amide bonds. The second-order valence-corrected chi connectivity index (χ2v) is 1.94. The average Bonchev–Trinajstić information content (AvgIpc) is 2.20. The molecule has 0 unspecified atom stereocenters. The summed E-state index contributed by atoms with van der Waals surface area (Å²) in [6, 6.07) is 0. The molecule has 1 heterocycles. The molecule has 0 aromatic heterocycles. The van der Waals surface area contributed by atoms with Crippen LogP contribution in [0.3, 0.4) is 0 Å². The number of hydrogen-bond acceptors (Lipinski definition) is 1. The molecule has 1 heteroatoms. The third kappa shape index (κ3) is 2.79.